The summed E-state index contributed by atoms with van der Waals surface area (Å²) in [6.07, 6.45) is 2.97. The van der Waals surface area contributed by atoms with Crippen LogP contribution in [0.25, 0.3) is 11.1 Å². The molecule has 2 fully saturated rings. The molecule has 0 radical (unpaired) electrons. The number of hydrogen-bond donors (Lipinski definition) is 3. The first-order chi connectivity index (χ1) is 13.0. The molecule has 1 unspecified atom stereocenters. The first-order valence-electron chi connectivity index (χ1n) is 8.81. The highest BCUT2D eigenvalue weighted by Crippen LogP contribution is 2.39. The summed E-state index contributed by atoms with van der Waals surface area (Å²) in [5.41, 5.74) is 13.5. The van der Waals surface area contributed by atoms with E-state index in [0.717, 1.165) is 12.0 Å². The largest absolute Gasteiger partial charge is 0.368 e. The number of hydrogen-bond acceptors (Lipinski definition) is 7. The van der Waals surface area contributed by atoms with Crippen LogP contribution in [0.4, 0.5) is 10.3 Å². The molecule has 1 atom stereocenters. The molecule has 8 nitrogen and oxygen atoms in total. The Kier molecular flexibility index (Phi) is 4.81. The zero-order valence-electron chi connectivity index (χ0n) is 14.6. The maximum absolute atomic E-state index is 13.3. The Morgan fingerprint density at radius 2 is 1.89 bits per heavy atom. The van der Waals surface area contributed by atoms with Gasteiger partial charge in [0.25, 0.3) is 0 Å². The van der Waals surface area contributed by atoms with Gasteiger partial charge in [-0.3, -0.25) is 10.9 Å². The molecular formula is C17H21FN6O2S. The minimum atomic E-state index is -3.51. The van der Waals surface area contributed by atoms with E-state index in [1.54, 1.807) is 18.3 Å². The molecule has 0 amide bonds. The SMILES string of the molecule is Nc1ncc(-c2ccc(F)cc2)c(C2CCCN2S(=O)(=O)C2CNNC2)n1. The van der Waals surface area contributed by atoms with Crippen LogP contribution in [0.15, 0.2) is 30.5 Å². The van der Waals surface area contributed by atoms with Crippen LogP contribution in [0.1, 0.15) is 24.6 Å². The molecule has 2 aliphatic rings. The molecule has 0 saturated carbocycles. The first kappa shape index (κ1) is 18.2. The molecule has 2 aromatic rings. The van der Waals surface area contributed by atoms with Crippen molar-refractivity contribution in [2.24, 2.45) is 0 Å². The van der Waals surface area contributed by atoms with Gasteiger partial charge in [-0.2, -0.15) is 4.31 Å². The third-order valence-corrected chi connectivity index (χ3v) is 7.31. The van der Waals surface area contributed by atoms with E-state index in [1.807, 2.05) is 0 Å². The number of nitrogens with zero attached hydrogens (tertiary/aromatic N) is 3. The monoisotopic (exact) mass is 392 g/mol. The number of sulfonamides is 1. The van der Waals surface area contributed by atoms with Gasteiger partial charge in [-0.1, -0.05) is 12.1 Å². The zero-order valence-corrected chi connectivity index (χ0v) is 15.4. The molecule has 1 aromatic carbocycles. The van der Waals surface area contributed by atoms with E-state index in [4.69, 9.17) is 5.73 Å². The maximum atomic E-state index is 13.3. The Hall–Kier alpha value is -2.14. The average Bonchev–Trinajstić information content (AvgIpc) is 3.35. The lowest BCUT2D eigenvalue weighted by molar-refractivity contribution is 0.386. The van der Waals surface area contributed by atoms with Crippen molar-refractivity contribution in [2.75, 3.05) is 25.4 Å². The van der Waals surface area contributed by atoms with Crippen LogP contribution >= 0.6 is 0 Å². The van der Waals surface area contributed by atoms with Gasteiger partial charge in [0.1, 0.15) is 11.1 Å². The van der Waals surface area contributed by atoms with Crippen molar-refractivity contribution in [2.45, 2.75) is 24.1 Å². The Bertz CT molecular complexity index is 931. The normalized spacial score (nSPS) is 21.7. The summed E-state index contributed by atoms with van der Waals surface area (Å²) in [7, 11) is -3.51. The van der Waals surface area contributed by atoms with E-state index in [-0.39, 0.29) is 11.8 Å². The van der Waals surface area contributed by atoms with Gasteiger partial charge >= 0.3 is 0 Å². The minimum Gasteiger partial charge on any atom is -0.368 e. The number of nitrogens with one attached hydrogen (secondary N) is 2. The number of hydrazine groups is 1. The molecule has 2 aliphatic heterocycles. The fourth-order valence-corrected chi connectivity index (χ4v) is 5.59. The molecule has 2 saturated heterocycles. The van der Waals surface area contributed by atoms with Gasteiger partial charge in [-0.25, -0.2) is 22.8 Å². The Morgan fingerprint density at radius 1 is 1.19 bits per heavy atom. The molecule has 10 heteroatoms. The third kappa shape index (κ3) is 3.41. The van der Waals surface area contributed by atoms with Gasteiger partial charge in [-0.15, -0.1) is 0 Å². The van der Waals surface area contributed by atoms with Crippen molar-refractivity contribution in [1.82, 2.24) is 25.1 Å². The molecule has 0 spiro atoms. The lowest BCUT2D eigenvalue weighted by Gasteiger charge is -2.27. The number of halogens is 1. The van der Waals surface area contributed by atoms with Crippen LogP contribution in [-0.4, -0.2) is 47.6 Å². The highest BCUT2D eigenvalue weighted by Gasteiger charge is 2.42. The van der Waals surface area contributed by atoms with Crippen molar-refractivity contribution in [1.29, 1.82) is 0 Å². The predicted molar refractivity (Wildman–Crippen MR) is 99.2 cm³/mol. The Labute approximate surface area is 157 Å². The van der Waals surface area contributed by atoms with E-state index in [0.29, 0.717) is 37.3 Å². The highest BCUT2D eigenvalue weighted by atomic mass is 32.2. The second-order valence-electron chi connectivity index (χ2n) is 6.73. The predicted octanol–water partition coefficient (Wildman–Crippen LogP) is 0.808. The number of rotatable bonds is 4. The van der Waals surface area contributed by atoms with Gasteiger partial charge in [0.2, 0.25) is 16.0 Å². The standard InChI is InChI=1S/C17H21FN6O2S/c18-12-5-3-11(4-6-12)14-10-20-17(19)23-16(14)15-2-1-7-24(15)27(25,26)13-8-21-22-9-13/h3-6,10,13,15,21-22H,1-2,7-9H2,(H2,19,20,23). The van der Waals surface area contributed by atoms with E-state index in [9.17, 15) is 12.8 Å². The van der Waals surface area contributed by atoms with E-state index >= 15 is 0 Å². The number of benzene rings is 1. The van der Waals surface area contributed by atoms with Crippen LogP contribution < -0.4 is 16.6 Å². The lowest BCUT2D eigenvalue weighted by atomic mass is 10.0. The first-order valence-corrected chi connectivity index (χ1v) is 10.3. The van der Waals surface area contributed by atoms with Gasteiger partial charge in [0, 0.05) is 31.4 Å². The maximum Gasteiger partial charge on any atom is 0.220 e. The highest BCUT2D eigenvalue weighted by molar-refractivity contribution is 7.89. The molecule has 144 valence electrons. The van der Waals surface area contributed by atoms with Crippen molar-refractivity contribution >= 4 is 16.0 Å². The Morgan fingerprint density at radius 3 is 2.59 bits per heavy atom. The number of nitrogens with two attached hydrogens (primary N) is 1. The van der Waals surface area contributed by atoms with Crippen LogP contribution in [0.2, 0.25) is 0 Å². The fraction of sp³-hybridized carbons (Fsp3) is 0.412. The summed E-state index contributed by atoms with van der Waals surface area (Å²) in [4.78, 5) is 8.44. The molecule has 27 heavy (non-hydrogen) atoms. The lowest BCUT2D eigenvalue weighted by Crippen LogP contribution is -2.41. The van der Waals surface area contributed by atoms with Gasteiger partial charge in [0.05, 0.1) is 11.7 Å². The molecular weight excluding hydrogens is 371 g/mol. The summed E-state index contributed by atoms with van der Waals surface area (Å²) < 4.78 is 41.1. The third-order valence-electron chi connectivity index (χ3n) is 5.04. The van der Waals surface area contributed by atoms with Crippen molar-refractivity contribution in [3.05, 3.63) is 42.0 Å². The molecule has 4 N–H and O–H groups in total. The van der Waals surface area contributed by atoms with Crippen LogP contribution in [0, 0.1) is 5.82 Å². The quantitative estimate of drug-likeness (QED) is 0.706. The second kappa shape index (κ2) is 7.12. The molecule has 1 aromatic heterocycles. The average molecular weight is 392 g/mol. The van der Waals surface area contributed by atoms with E-state index in [1.165, 1.54) is 16.4 Å². The fourth-order valence-electron chi connectivity index (χ4n) is 3.68. The number of nitrogen functional groups attached to an aromatic ring is 1. The summed E-state index contributed by atoms with van der Waals surface area (Å²) in [5, 5.41) is -0.522. The summed E-state index contributed by atoms with van der Waals surface area (Å²) in [5.74, 6) is -0.257. The summed E-state index contributed by atoms with van der Waals surface area (Å²) in [6.45, 7) is 1.17. The number of aromatic nitrogens is 2. The molecule has 0 aliphatic carbocycles. The second-order valence-corrected chi connectivity index (χ2v) is 8.90. The zero-order chi connectivity index (χ0) is 19.0. The Balaban J connectivity index is 1.75. The van der Waals surface area contributed by atoms with Gasteiger partial charge in [-0.05, 0) is 30.5 Å². The van der Waals surface area contributed by atoms with Crippen LogP contribution in [0.5, 0.6) is 0 Å². The molecule has 3 heterocycles. The van der Waals surface area contributed by atoms with Gasteiger partial charge in [0.15, 0.2) is 0 Å². The molecule has 0 bridgehead atoms. The van der Waals surface area contributed by atoms with Crippen molar-refractivity contribution < 1.29 is 12.8 Å². The minimum absolute atomic E-state index is 0.0873. The summed E-state index contributed by atoms with van der Waals surface area (Å²) in [6, 6.07) is 5.56. The summed E-state index contributed by atoms with van der Waals surface area (Å²) >= 11 is 0. The molecule has 4 rings (SSSR count). The topological polar surface area (TPSA) is 113 Å². The van der Waals surface area contributed by atoms with Crippen LogP contribution in [0.3, 0.4) is 0 Å². The van der Waals surface area contributed by atoms with E-state index in [2.05, 4.69) is 20.8 Å². The van der Waals surface area contributed by atoms with Gasteiger partial charge < -0.3 is 5.73 Å². The van der Waals surface area contributed by atoms with E-state index < -0.39 is 21.3 Å². The smallest absolute Gasteiger partial charge is 0.220 e. The van der Waals surface area contributed by atoms with Crippen molar-refractivity contribution in [3.63, 3.8) is 0 Å². The number of anilines is 1. The van der Waals surface area contributed by atoms with Crippen LogP contribution in [-0.2, 0) is 10.0 Å². The van der Waals surface area contributed by atoms with Crippen molar-refractivity contribution in [3.8, 4) is 11.1 Å².